The van der Waals surface area contributed by atoms with Gasteiger partial charge < -0.3 is 10.2 Å². The van der Waals surface area contributed by atoms with E-state index in [2.05, 4.69) is 46.5 Å². The van der Waals surface area contributed by atoms with Crippen molar-refractivity contribution in [3.05, 3.63) is 20.8 Å². The zero-order valence-electron chi connectivity index (χ0n) is 11.4. The maximum absolute atomic E-state index is 12.1. The van der Waals surface area contributed by atoms with Crippen LogP contribution in [0.15, 0.2) is 15.9 Å². The van der Waals surface area contributed by atoms with Crippen molar-refractivity contribution < 1.29 is 4.79 Å². The smallest absolute Gasteiger partial charge is 0.239 e. The number of likely N-dealkylation sites (N-methyl/N-ethyl adjacent to an activating group) is 1. The van der Waals surface area contributed by atoms with Crippen molar-refractivity contribution in [3.8, 4) is 0 Å². The second-order valence-electron chi connectivity index (χ2n) is 5.03. The van der Waals surface area contributed by atoms with Crippen molar-refractivity contribution in [1.29, 1.82) is 0 Å². The lowest BCUT2D eigenvalue weighted by molar-refractivity contribution is -0.131. The Morgan fingerprint density at radius 3 is 2.61 bits per heavy atom. The van der Waals surface area contributed by atoms with Gasteiger partial charge in [-0.15, -0.1) is 11.3 Å². The summed E-state index contributed by atoms with van der Waals surface area (Å²) >= 11 is 5.14. The molecular weight excluding hydrogens is 312 g/mol. The van der Waals surface area contributed by atoms with E-state index in [1.165, 1.54) is 4.88 Å². The molecule has 1 aromatic heterocycles. The Morgan fingerprint density at radius 2 is 2.17 bits per heavy atom. The second kappa shape index (κ2) is 7.26. The third-order valence-electron chi connectivity index (χ3n) is 2.59. The van der Waals surface area contributed by atoms with Gasteiger partial charge in [-0.3, -0.25) is 4.79 Å². The zero-order valence-corrected chi connectivity index (χ0v) is 13.8. The van der Waals surface area contributed by atoms with E-state index >= 15 is 0 Å². The molecule has 0 aromatic carbocycles. The molecule has 1 rings (SSSR count). The molecule has 0 aliphatic heterocycles. The molecule has 102 valence electrons. The van der Waals surface area contributed by atoms with Crippen LogP contribution in [0.5, 0.6) is 0 Å². The minimum atomic E-state index is -0.0964. The predicted molar refractivity (Wildman–Crippen MR) is 80.8 cm³/mol. The van der Waals surface area contributed by atoms with Gasteiger partial charge in [-0.25, -0.2) is 0 Å². The molecule has 0 saturated carbocycles. The summed E-state index contributed by atoms with van der Waals surface area (Å²) in [5.41, 5.74) is 0. The van der Waals surface area contributed by atoms with E-state index < -0.39 is 0 Å². The van der Waals surface area contributed by atoms with Crippen LogP contribution in [0.25, 0.3) is 0 Å². The van der Waals surface area contributed by atoms with Crippen molar-refractivity contribution in [2.45, 2.75) is 32.9 Å². The molecule has 0 fully saturated rings. The van der Waals surface area contributed by atoms with Crippen molar-refractivity contribution in [2.75, 3.05) is 14.1 Å². The third kappa shape index (κ3) is 5.08. The number of hydrogen-bond donors (Lipinski definition) is 1. The highest BCUT2D eigenvalue weighted by Crippen LogP contribution is 2.20. The van der Waals surface area contributed by atoms with Crippen LogP contribution >= 0.6 is 27.3 Å². The Labute approximate surface area is 122 Å². The number of carbonyl (C=O) groups is 1. The van der Waals surface area contributed by atoms with E-state index in [9.17, 15) is 4.79 Å². The normalized spacial score (nSPS) is 12.8. The topological polar surface area (TPSA) is 32.3 Å². The van der Waals surface area contributed by atoms with Crippen LogP contribution in [0.4, 0.5) is 0 Å². The summed E-state index contributed by atoms with van der Waals surface area (Å²) in [5, 5.41) is 5.42. The number of thiophene rings is 1. The lowest BCUT2D eigenvalue weighted by Crippen LogP contribution is -2.44. The highest BCUT2D eigenvalue weighted by molar-refractivity contribution is 9.10. The van der Waals surface area contributed by atoms with Crippen LogP contribution in [0, 0.1) is 5.92 Å². The third-order valence-corrected chi connectivity index (χ3v) is 4.29. The van der Waals surface area contributed by atoms with E-state index in [1.807, 2.05) is 0 Å². The van der Waals surface area contributed by atoms with E-state index in [0.29, 0.717) is 5.92 Å². The fourth-order valence-corrected chi connectivity index (χ4v) is 3.13. The second-order valence-corrected chi connectivity index (χ2v) is 6.94. The number of nitrogens with zero attached hydrogens (tertiary/aromatic N) is 1. The maximum atomic E-state index is 12.1. The minimum absolute atomic E-state index is 0.0964. The van der Waals surface area contributed by atoms with Crippen LogP contribution in [-0.4, -0.2) is 30.9 Å². The number of amides is 1. The van der Waals surface area contributed by atoms with Crippen LogP contribution in [0.3, 0.4) is 0 Å². The van der Waals surface area contributed by atoms with Crippen molar-refractivity contribution in [1.82, 2.24) is 10.2 Å². The van der Waals surface area contributed by atoms with Gasteiger partial charge in [0.05, 0.1) is 6.04 Å². The molecule has 1 N–H and O–H groups in total. The lowest BCUT2D eigenvalue weighted by Gasteiger charge is -2.23. The molecule has 1 unspecified atom stereocenters. The number of halogens is 1. The molecule has 1 aromatic rings. The first-order valence-corrected chi connectivity index (χ1v) is 7.75. The first-order valence-electron chi connectivity index (χ1n) is 6.07. The Morgan fingerprint density at radius 1 is 1.50 bits per heavy atom. The van der Waals surface area contributed by atoms with Gasteiger partial charge in [0, 0.05) is 35.4 Å². The molecule has 0 bridgehead atoms. The lowest BCUT2D eigenvalue weighted by atomic mass is 10.0. The molecule has 0 saturated heterocycles. The Balaban J connectivity index is 2.58. The molecule has 0 aliphatic rings. The number of hydrogen-bond acceptors (Lipinski definition) is 3. The van der Waals surface area contributed by atoms with Gasteiger partial charge in [0.25, 0.3) is 0 Å². The molecule has 1 amide bonds. The Kier molecular flexibility index (Phi) is 6.32. The van der Waals surface area contributed by atoms with Gasteiger partial charge in [0.2, 0.25) is 5.91 Å². The summed E-state index contributed by atoms with van der Waals surface area (Å²) in [7, 11) is 3.61. The number of rotatable bonds is 6. The molecular formula is C13H21BrN2OS. The fraction of sp³-hybridized carbons (Fsp3) is 0.615. The molecule has 0 radical (unpaired) electrons. The van der Waals surface area contributed by atoms with E-state index in [0.717, 1.165) is 17.4 Å². The van der Waals surface area contributed by atoms with E-state index in [-0.39, 0.29) is 11.9 Å². The van der Waals surface area contributed by atoms with Crippen LogP contribution in [0.1, 0.15) is 25.1 Å². The van der Waals surface area contributed by atoms with Gasteiger partial charge in [0.15, 0.2) is 0 Å². The molecule has 0 aliphatic carbocycles. The summed E-state index contributed by atoms with van der Waals surface area (Å²) in [5.74, 6) is 0.654. The quantitative estimate of drug-likeness (QED) is 0.868. The predicted octanol–water partition coefficient (Wildman–Crippen LogP) is 3.10. The Hall–Kier alpha value is -0.390. The van der Waals surface area contributed by atoms with Crippen LogP contribution in [0.2, 0.25) is 0 Å². The van der Waals surface area contributed by atoms with Gasteiger partial charge in [-0.05, 0) is 34.3 Å². The Bertz CT molecular complexity index is 390. The largest absolute Gasteiger partial charge is 0.347 e. The van der Waals surface area contributed by atoms with Crippen molar-refractivity contribution in [2.24, 2.45) is 5.92 Å². The van der Waals surface area contributed by atoms with Crippen molar-refractivity contribution >= 4 is 33.2 Å². The summed E-state index contributed by atoms with van der Waals surface area (Å²) in [6, 6.07) is 1.99. The zero-order chi connectivity index (χ0) is 13.7. The van der Waals surface area contributed by atoms with Gasteiger partial charge in [-0.1, -0.05) is 13.8 Å². The van der Waals surface area contributed by atoms with Crippen LogP contribution < -0.4 is 5.32 Å². The average molecular weight is 333 g/mol. The fourth-order valence-electron chi connectivity index (χ4n) is 1.72. The molecule has 1 heterocycles. The first kappa shape index (κ1) is 15.7. The monoisotopic (exact) mass is 332 g/mol. The minimum Gasteiger partial charge on any atom is -0.347 e. The SMILES string of the molecule is CC(C)CC(NCc1cc(Br)cs1)C(=O)N(C)C. The molecule has 3 nitrogen and oxygen atoms in total. The summed E-state index contributed by atoms with van der Waals surface area (Å²) in [4.78, 5) is 15.0. The number of carbonyl (C=O) groups excluding carboxylic acids is 1. The number of nitrogens with one attached hydrogen (secondary N) is 1. The van der Waals surface area contributed by atoms with E-state index in [4.69, 9.17) is 0 Å². The molecule has 18 heavy (non-hydrogen) atoms. The summed E-state index contributed by atoms with van der Waals surface area (Å²) in [6.07, 6.45) is 0.865. The van der Waals surface area contributed by atoms with Gasteiger partial charge in [0.1, 0.15) is 0 Å². The molecule has 1 atom stereocenters. The average Bonchev–Trinajstić information content (AvgIpc) is 2.68. The van der Waals surface area contributed by atoms with Gasteiger partial charge >= 0.3 is 0 Å². The maximum Gasteiger partial charge on any atom is 0.239 e. The first-order chi connectivity index (χ1) is 8.40. The molecule has 5 heteroatoms. The van der Waals surface area contributed by atoms with E-state index in [1.54, 1.807) is 30.3 Å². The van der Waals surface area contributed by atoms with Gasteiger partial charge in [-0.2, -0.15) is 0 Å². The highest BCUT2D eigenvalue weighted by atomic mass is 79.9. The summed E-state index contributed by atoms with van der Waals surface area (Å²) in [6.45, 7) is 5.02. The molecule has 0 spiro atoms. The summed E-state index contributed by atoms with van der Waals surface area (Å²) < 4.78 is 1.10. The highest BCUT2D eigenvalue weighted by Gasteiger charge is 2.20. The standard InChI is InChI=1S/C13H21BrN2OS/c1-9(2)5-12(13(17)16(3)4)15-7-11-6-10(14)8-18-11/h6,8-9,12,15H,5,7H2,1-4H3. The van der Waals surface area contributed by atoms with Crippen molar-refractivity contribution in [3.63, 3.8) is 0 Å². The van der Waals surface area contributed by atoms with Crippen LogP contribution in [-0.2, 0) is 11.3 Å².